The molecule has 0 radical (unpaired) electrons. The van der Waals surface area contributed by atoms with Gasteiger partial charge >= 0.3 is 0 Å². The summed E-state index contributed by atoms with van der Waals surface area (Å²) in [7, 11) is 0. The highest BCUT2D eigenvalue weighted by Gasteiger charge is 2.17. The smallest absolute Gasteiger partial charge is 0.267 e. The topological polar surface area (TPSA) is 76.9 Å². The van der Waals surface area contributed by atoms with E-state index in [4.69, 9.17) is 0 Å². The van der Waals surface area contributed by atoms with E-state index in [0.29, 0.717) is 38.7 Å². The van der Waals surface area contributed by atoms with E-state index in [0.717, 1.165) is 10.6 Å². The molecule has 0 aliphatic heterocycles. The van der Waals surface area contributed by atoms with Crippen molar-refractivity contribution < 1.29 is 9.18 Å². The van der Waals surface area contributed by atoms with Crippen molar-refractivity contribution in [2.75, 3.05) is 5.32 Å². The zero-order valence-electron chi connectivity index (χ0n) is 18.4. The minimum atomic E-state index is -0.387. The van der Waals surface area contributed by atoms with Gasteiger partial charge in [0.1, 0.15) is 21.5 Å². The Morgan fingerprint density at radius 3 is 2.44 bits per heavy atom. The van der Waals surface area contributed by atoms with Gasteiger partial charge in [-0.15, -0.1) is 11.3 Å². The van der Waals surface area contributed by atoms with Gasteiger partial charge in [0, 0.05) is 11.3 Å². The summed E-state index contributed by atoms with van der Waals surface area (Å²) in [5.74, 6) is -0.202. The number of carbonyl (C=O) groups excluding carboxylic acids is 1. The number of nitrogens with one attached hydrogen (secondary N) is 1. The van der Waals surface area contributed by atoms with Gasteiger partial charge in [-0.3, -0.25) is 14.2 Å². The summed E-state index contributed by atoms with van der Waals surface area (Å²) in [6.07, 6.45) is 0. The minimum absolute atomic E-state index is 0.296. The molecule has 0 saturated carbocycles. The maximum Gasteiger partial charge on any atom is 0.267 e. The zero-order valence-corrected chi connectivity index (χ0v) is 19.2. The van der Waals surface area contributed by atoms with E-state index < -0.39 is 0 Å². The molecule has 8 heteroatoms. The standard InChI is InChI=1S/C26H19FN4O2S/c1-15-23(34-25(28-15)17-6-4-3-5-7-17)24(32)30-19-10-13-22-21(14-19)26(33)31(16(2)29-22)20-11-8-18(27)9-12-20/h3-14H,1-2H3,(H,30,32). The summed E-state index contributed by atoms with van der Waals surface area (Å²) in [5.41, 5.74) is 2.78. The summed E-state index contributed by atoms with van der Waals surface area (Å²) in [5, 5.41) is 3.98. The number of aryl methyl sites for hydroxylation is 2. The molecule has 0 atom stereocenters. The Bertz CT molecular complexity index is 1590. The van der Waals surface area contributed by atoms with Gasteiger partial charge in [-0.1, -0.05) is 30.3 Å². The number of halogens is 1. The van der Waals surface area contributed by atoms with E-state index in [9.17, 15) is 14.0 Å². The molecule has 5 aromatic rings. The van der Waals surface area contributed by atoms with Gasteiger partial charge in [0.05, 0.1) is 22.3 Å². The molecule has 0 bridgehead atoms. The molecule has 3 aromatic carbocycles. The number of aromatic nitrogens is 3. The third kappa shape index (κ3) is 3.99. The maximum atomic E-state index is 13.4. The van der Waals surface area contributed by atoms with Crippen LogP contribution in [0.4, 0.5) is 10.1 Å². The second-order valence-electron chi connectivity index (χ2n) is 7.76. The average Bonchev–Trinajstić information content (AvgIpc) is 3.23. The normalized spacial score (nSPS) is 11.0. The highest BCUT2D eigenvalue weighted by molar-refractivity contribution is 7.17. The second-order valence-corrected chi connectivity index (χ2v) is 8.76. The van der Waals surface area contributed by atoms with Gasteiger partial charge in [-0.2, -0.15) is 0 Å². The largest absolute Gasteiger partial charge is 0.321 e. The van der Waals surface area contributed by atoms with Crippen LogP contribution in [0.3, 0.4) is 0 Å². The van der Waals surface area contributed by atoms with Gasteiger partial charge in [-0.05, 0) is 56.3 Å². The molecule has 2 heterocycles. The summed E-state index contributed by atoms with van der Waals surface area (Å²) in [4.78, 5) is 35.8. The molecule has 0 aliphatic rings. The molecular formula is C26H19FN4O2S. The van der Waals surface area contributed by atoms with Crippen LogP contribution in [0, 0.1) is 19.7 Å². The van der Waals surface area contributed by atoms with Gasteiger partial charge in [0.15, 0.2) is 0 Å². The first-order valence-electron chi connectivity index (χ1n) is 10.5. The van der Waals surface area contributed by atoms with Crippen molar-refractivity contribution in [3.05, 3.63) is 105 Å². The molecule has 0 spiro atoms. The second kappa shape index (κ2) is 8.64. The van der Waals surface area contributed by atoms with Crippen LogP contribution in [-0.4, -0.2) is 20.4 Å². The molecule has 1 amide bonds. The lowest BCUT2D eigenvalue weighted by molar-refractivity contribution is 0.103. The maximum absolute atomic E-state index is 13.4. The number of anilines is 1. The molecule has 5 rings (SSSR count). The fourth-order valence-corrected chi connectivity index (χ4v) is 4.73. The zero-order chi connectivity index (χ0) is 23.8. The van der Waals surface area contributed by atoms with Crippen molar-refractivity contribution >= 4 is 33.8 Å². The summed E-state index contributed by atoms with van der Waals surface area (Å²) < 4.78 is 14.8. The van der Waals surface area contributed by atoms with E-state index in [2.05, 4.69) is 15.3 Å². The quantitative estimate of drug-likeness (QED) is 0.375. The Labute approximate surface area is 198 Å². The van der Waals surface area contributed by atoms with E-state index in [1.807, 2.05) is 30.3 Å². The average molecular weight is 471 g/mol. The Morgan fingerprint density at radius 1 is 0.971 bits per heavy atom. The van der Waals surface area contributed by atoms with Crippen LogP contribution >= 0.6 is 11.3 Å². The fraction of sp³-hybridized carbons (Fsp3) is 0.0769. The molecule has 0 fully saturated rings. The SMILES string of the molecule is Cc1nc(-c2ccccc2)sc1C(=O)Nc1ccc2nc(C)n(-c3ccc(F)cc3)c(=O)c2c1. The Morgan fingerprint density at radius 2 is 1.71 bits per heavy atom. The van der Waals surface area contributed by atoms with Crippen molar-refractivity contribution in [1.82, 2.24) is 14.5 Å². The molecule has 34 heavy (non-hydrogen) atoms. The van der Waals surface area contributed by atoms with Crippen molar-refractivity contribution in [2.24, 2.45) is 0 Å². The Hall–Kier alpha value is -4.17. The molecule has 168 valence electrons. The number of thiazole rings is 1. The van der Waals surface area contributed by atoms with Crippen LogP contribution in [0.5, 0.6) is 0 Å². The third-order valence-electron chi connectivity index (χ3n) is 5.40. The van der Waals surface area contributed by atoms with Gasteiger partial charge < -0.3 is 5.32 Å². The van der Waals surface area contributed by atoms with Crippen molar-refractivity contribution in [2.45, 2.75) is 13.8 Å². The Balaban J connectivity index is 1.49. The molecule has 2 aromatic heterocycles. The Kier molecular flexibility index (Phi) is 5.51. The molecule has 0 aliphatic carbocycles. The van der Waals surface area contributed by atoms with Crippen LogP contribution < -0.4 is 10.9 Å². The predicted octanol–water partition coefficient (Wildman–Crippen LogP) is 5.52. The van der Waals surface area contributed by atoms with Gasteiger partial charge in [0.2, 0.25) is 0 Å². The number of hydrogen-bond donors (Lipinski definition) is 1. The number of amides is 1. The number of nitrogens with zero attached hydrogens (tertiary/aromatic N) is 3. The fourth-order valence-electron chi connectivity index (χ4n) is 3.77. The first-order valence-corrected chi connectivity index (χ1v) is 11.4. The lowest BCUT2D eigenvalue weighted by Crippen LogP contribution is -2.22. The van der Waals surface area contributed by atoms with Gasteiger partial charge in [0.25, 0.3) is 11.5 Å². The first-order chi connectivity index (χ1) is 16.4. The van der Waals surface area contributed by atoms with E-state index in [-0.39, 0.29) is 17.3 Å². The molecule has 1 N–H and O–H groups in total. The van der Waals surface area contributed by atoms with Crippen LogP contribution in [0.2, 0.25) is 0 Å². The van der Waals surface area contributed by atoms with Crippen molar-refractivity contribution in [3.8, 4) is 16.3 Å². The van der Waals surface area contributed by atoms with E-state index >= 15 is 0 Å². The predicted molar refractivity (Wildman–Crippen MR) is 132 cm³/mol. The van der Waals surface area contributed by atoms with Crippen LogP contribution in [0.15, 0.2) is 77.6 Å². The number of rotatable bonds is 4. The summed E-state index contributed by atoms with van der Waals surface area (Å²) >= 11 is 1.32. The summed E-state index contributed by atoms with van der Waals surface area (Å²) in [6, 6.07) is 20.3. The number of fused-ring (bicyclic) bond motifs is 1. The van der Waals surface area contributed by atoms with Crippen molar-refractivity contribution in [1.29, 1.82) is 0 Å². The van der Waals surface area contributed by atoms with Gasteiger partial charge in [-0.25, -0.2) is 14.4 Å². The highest BCUT2D eigenvalue weighted by Crippen LogP contribution is 2.28. The molecule has 6 nitrogen and oxygen atoms in total. The third-order valence-corrected chi connectivity index (χ3v) is 6.61. The minimum Gasteiger partial charge on any atom is -0.321 e. The monoisotopic (exact) mass is 470 g/mol. The molecule has 0 saturated heterocycles. The molecular weight excluding hydrogens is 451 g/mol. The van der Waals surface area contributed by atoms with Crippen molar-refractivity contribution in [3.63, 3.8) is 0 Å². The lowest BCUT2D eigenvalue weighted by atomic mass is 10.2. The number of benzene rings is 3. The lowest BCUT2D eigenvalue weighted by Gasteiger charge is -2.12. The first kappa shape index (κ1) is 21.7. The van der Waals surface area contributed by atoms with E-state index in [1.165, 1.54) is 40.2 Å². The molecule has 0 unspecified atom stereocenters. The highest BCUT2D eigenvalue weighted by atomic mass is 32.1. The van der Waals surface area contributed by atoms with E-state index in [1.54, 1.807) is 32.0 Å². The van der Waals surface area contributed by atoms with Crippen LogP contribution in [0.25, 0.3) is 27.2 Å². The number of hydrogen-bond acceptors (Lipinski definition) is 5. The van der Waals surface area contributed by atoms with Crippen LogP contribution in [0.1, 0.15) is 21.2 Å². The summed E-state index contributed by atoms with van der Waals surface area (Å²) in [6.45, 7) is 3.52. The number of carbonyl (C=O) groups is 1. The van der Waals surface area contributed by atoms with Crippen LogP contribution in [-0.2, 0) is 0 Å².